The van der Waals surface area contributed by atoms with Gasteiger partial charge in [0.05, 0.1) is 25.3 Å². The second-order valence-corrected chi connectivity index (χ2v) is 11.0. The van der Waals surface area contributed by atoms with Crippen LogP contribution in [0.1, 0.15) is 57.2 Å². The van der Waals surface area contributed by atoms with E-state index in [9.17, 15) is 0 Å². The molecule has 7 heteroatoms. The fourth-order valence-corrected chi connectivity index (χ4v) is 6.13. The zero-order valence-corrected chi connectivity index (χ0v) is 22.6. The third-order valence-corrected chi connectivity index (χ3v) is 8.34. The van der Waals surface area contributed by atoms with Crippen molar-refractivity contribution in [3.8, 4) is 11.5 Å². The topological polar surface area (TPSA) is 59.1 Å². The molecule has 0 unspecified atom stereocenters. The molecule has 1 aliphatic carbocycles. The van der Waals surface area contributed by atoms with Gasteiger partial charge in [0.25, 0.3) is 0 Å². The second-order valence-electron chi connectivity index (χ2n) is 11.0. The van der Waals surface area contributed by atoms with Crippen LogP contribution < -0.4 is 14.8 Å². The van der Waals surface area contributed by atoms with Gasteiger partial charge in [0.2, 0.25) is 0 Å². The second kappa shape index (κ2) is 11.5. The van der Waals surface area contributed by atoms with Gasteiger partial charge in [-0.15, -0.1) is 0 Å². The summed E-state index contributed by atoms with van der Waals surface area (Å²) in [6.45, 7) is 10.7. The van der Waals surface area contributed by atoms with Crippen LogP contribution >= 0.6 is 0 Å². The molecular formula is C29H44N4O3. The predicted molar refractivity (Wildman–Crippen MR) is 146 cm³/mol. The first kappa shape index (κ1) is 25.6. The van der Waals surface area contributed by atoms with Crippen LogP contribution in [0.15, 0.2) is 12.1 Å². The molecule has 2 aliphatic heterocycles. The predicted octanol–water partition coefficient (Wildman–Crippen LogP) is 4.51. The van der Waals surface area contributed by atoms with Crippen LogP contribution in [0.4, 0.5) is 5.69 Å². The van der Waals surface area contributed by atoms with Crippen LogP contribution in [0.2, 0.25) is 0 Å². The first-order valence-electron chi connectivity index (χ1n) is 14.0. The van der Waals surface area contributed by atoms with Crippen molar-refractivity contribution in [2.45, 2.75) is 77.0 Å². The Morgan fingerprint density at radius 3 is 2.61 bits per heavy atom. The summed E-state index contributed by atoms with van der Waals surface area (Å²) in [6.07, 6.45) is 8.19. The molecule has 36 heavy (non-hydrogen) atoms. The molecule has 2 aromatic rings. The van der Waals surface area contributed by atoms with Crippen molar-refractivity contribution in [3.63, 3.8) is 0 Å². The number of piperidine rings is 1. The van der Waals surface area contributed by atoms with Crippen LogP contribution in [0.5, 0.6) is 11.5 Å². The molecule has 2 saturated heterocycles. The normalized spacial score (nSPS) is 21.4. The van der Waals surface area contributed by atoms with Gasteiger partial charge in [0.1, 0.15) is 0 Å². The minimum absolute atomic E-state index is 0.380. The van der Waals surface area contributed by atoms with Gasteiger partial charge in [0, 0.05) is 74.8 Å². The number of methoxy groups -OCH3 is 2. The van der Waals surface area contributed by atoms with Gasteiger partial charge in [-0.3, -0.25) is 4.98 Å². The Labute approximate surface area is 216 Å². The van der Waals surface area contributed by atoms with E-state index in [2.05, 4.69) is 41.1 Å². The molecule has 7 nitrogen and oxygen atoms in total. The van der Waals surface area contributed by atoms with E-state index in [1.165, 1.54) is 36.2 Å². The number of hydrogen-bond donors (Lipinski definition) is 1. The molecule has 3 aliphatic rings. The third-order valence-electron chi connectivity index (χ3n) is 8.34. The fraction of sp³-hybridized carbons (Fsp3) is 0.690. The van der Waals surface area contributed by atoms with Crippen molar-refractivity contribution < 1.29 is 14.2 Å². The van der Waals surface area contributed by atoms with Crippen LogP contribution in [0, 0.1) is 0 Å². The lowest BCUT2D eigenvalue weighted by atomic mass is 10.0. The lowest BCUT2D eigenvalue weighted by molar-refractivity contribution is 0.107. The van der Waals surface area contributed by atoms with Gasteiger partial charge >= 0.3 is 0 Å². The summed E-state index contributed by atoms with van der Waals surface area (Å²) in [4.78, 5) is 10.1. The SMILES string of the molecule is COc1cc2c(NC3CCN(C(C)C)CC3)c3c(nc2cc1OCCCN1CC[C@@H](OC)C1)CCC3. The molecule has 0 radical (unpaired) electrons. The van der Waals surface area contributed by atoms with Crippen molar-refractivity contribution in [1.29, 1.82) is 0 Å². The smallest absolute Gasteiger partial charge is 0.163 e. The van der Waals surface area contributed by atoms with E-state index in [0.717, 1.165) is 80.8 Å². The summed E-state index contributed by atoms with van der Waals surface area (Å²) in [7, 11) is 3.54. The third kappa shape index (κ3) is 5.58. The standard InChI is InChI=1S/C29H44N4O3/c1-20(2)33-14-9-21(10-15-33)30-29-23-7-5-8-25(23)31-26-18-28(27(35-4)17-24(26)29)36-16-6-12-32-13-11-22(19-32)34-3/h17-18,20-22H,5-16,19H2,1-4H3,(H,30,31)/t22-/m1/s1. The Morgan fingerprint density at radius 2 is 1.89 bits per heavy atom. The van der Waals surface area contributed by atoms with Crippen LogP contribution in [-0.4, -0.2) is 86.5 Å². The lowest BCUT2D eigenvalue weighted by Crippen LogP contribution is -2.42. The fourth-order valence-electron chi connectivity index (χ4n) is 6.13. The average molecular weight is 497 g/mol. The molecular weight excluding hydrogens is 452 g/mol. The zero-order valence-electron chi connectivity index (χ0n) is 22.6. The molecule has 2 fully saturated rings. The molecule has 1 aromatic carbocycles. The van der Waals surface area contributed by atoms with E-state index in [4.69, 9.17) is 19.2 Å². The van der Waals surface area contributed by atoms with Crippen molar-refractivity contribution in [2.24, 2.45) is 0 Å². The molecule has 1 N–H and O–H groups in total. The number of aromatic nitrogens is 1. The van der Waals surface area contributed by atoms with Crippen LogP contribution in [0.3, 0.4) is 0 Å². The van der Waals surface area contributed by atoms with E-state index in [-0.39, 0.29) is 0 Å². The molecule has 0 bridgehead atoms. The maximum Gasteiger partial charge on any atom is 0.163 e. The summed E-state index contributed by atoms with van der Waals surface area (Å²) in [5.74, 6) is 1.59. The highest BCUT2D eigenvalue weighted by molar-refractivity contribution is 5.96. The molecule has 198 valence electrons. The van der Waals surface area contributed by atoms with Gasteiger partial charge in [-0.2, -0.15) is 0 Å². The first-order valence-corrected chi connectivity index (χ1v) is 14.0. The van der Waals surface area contributed by atoms with Gasteiger partial charge in [0.15, 0.2) is 11.5 Å². The molecule has 0 amide bonds. The number of ether oxygens (including phenoxy) is 3. The number of hydrogen-bond acceptors (Lipinski definition) is 7. The summed E-state index contributed by atoms with van der Waals surface area (Å²) in [5, 5.41) is 5.13. The molecule has 1 aromatic heterocycles. The highest BCUT2D eigenvalue weighted by atomic mass is 16.5. The van der Waals surface area contributed by atoms with Gasteiger partial charge < -0.3 is 29.3 Å². The zero-order chi connectivity index (χ0) is 25.1. The number of nitrogens with one attached hydrogen (secondary N) is 1. The highest BCUT2D eigenvalue weighted by Gasteiger charge is 2.26. The Kier molecular flexibility index (Phi) is 8.18. The van der Waals surface area contributed by atoms with Crippen LogP contribution in [-0.2, 0) is 17.6 Å². The van der Waals surface area contributed by atoms with Gasteiger partial charge in [-0.25, -0.2) is 0 Å². The molecule has 3 heterocycles. The number of benzene rings is 1. The van der Waals surface area contributed by atoms with E-state index >= 15 is 0 Å². The molecule has 0 spiro atoms. The summed E-state index contributed by atoms with van der Waals surface area (Å²) in [5.41, 5.74) is 4.95. The number of fused-ring (bicyclic) bond motifs is 2. The van der Waals surface area contributed by atoms with Crippen molar-refractivity contribution in [1.82, 2.24) is 14.8 Å². The van der Waals surface area contributed by atoms with Gasteiger partial charge in [-0.05, 0) is 70.4 Å². The van der Waals surface area contributed by atoms with Gasteiger partial charge in [-0.1, -0.05) is 0 Å². The summed E-state index contributed by atoms with van der Waals surface area (Å²) in [6, 6.07) is 5.36. The number of aryl methyl sites for hydroxylation is 1. The number of nitrogens with zero attached hydrogens (tertiary/aromatic N) is 3. The first-order chi connectivity index (χ1) is 17.6. The molecule has 5 rings (SSSR count). The number of rotatable bonds is 10. The highest BCUT2D eigenvalue weighted by Crippen LogP contribution is 2.40. The van der Waals surface area contributed by atoms with E-state index in [1.807, 2.05) is 7.11 Å². The summed E-state index contributed by atoms with van der Waals surface area (Å²) < 4.78 is 17.5. The minimum atomic E-state index is 0.380. The molecule has 0 saturated carbocycles. The lowest BCUT2D eigenvalue weighted by Gasteiger charge is -2.35. The Morgan fingerprint density at radius 1 is 1.06 bits per heavy atom. The maximum atomic E-state index is 6.24. The largest absolute Gasteiger partial charge is 0.493 e. The Hall–Kier alpha value is -2.09. The quantitative estimate of drug-likeness (QED) is 0.486. The van der Waals surface area contributed by atoms with E-state index in [0.29, 0.717) is 24.8 Å². The van der Waals surface area contributed by atoms with Crippen molar-refractivity contribution in [2.75, 3.05) is 58.9 Å². The number of anilines is 1. The summed E-state index contributed by atoms with van der Waals surface area (Å²) >= 11 is 0. The minimum Gasteiger partial charge on any atom is -0.493 e. The monoisotopic (exact) mass is 496 g/mol. The average Bonchev–Trinajstić information content (AvgIpc) is 3.55. The Balaban J connectivity index is 1.31. The molecule has 1 atom stereocenters. The number of likely N-dealkylation sites (tertiary alicyclic amines) is 2. The van der Waals surface area contributed by atoms with E-state index < -0.39 is 0 Å². The maximum absolute atomic E-state index is 6.24. The van der Waals surface area contributed by atoms with Crippen molar-refractivity contribution >= 4 is 16.6 Å². The van der Waals surface area contributed by atoms with Crippen molar-refractivity contribution in [3.05, 3.63) is 23.4 Å². The number of pyridine rings is 1. The Bertz CT molecular complexity index is 1040. The van der Waals surface area contributed by atoms with E-state index in [1.54, 1.807) is 7.11 Å². The van der Waals surface area contributed by atoms with Crippen LogP contribution in [0.25, 0.3) is 10.9 Å².